The summed E-state index contributed by atoms with van der Waals surface area (Å²) in [7, 11) is 0. The summed E-state index contributed by atoms with van der Waals surface area (Å²) in [6.45, 7) is 7.50. The molecule has 5 heteroatoms. The maximum absolute atomic E-state index is 12.4. The third-order valence-electron chi connectivity index (χ3n) is 5.11. The number of hydrogen-bond acceptors (Lipinski definition) is 2. The lowest BCUT2D eigenvalue weighted by Crippen LogP contribution is -2.47. The average Bonchev–Trinajstić information content (AvgIpc) is 2.86. The van der Waals surface area contributed by atoms with Crippen molar-refractivity contribution < 1.29 is 14.7 Å². The van der Waals surface area contributed by atoms with Gasteiger partial charge in [0.05, 0.1) is 0 Å². The molecular weight excluding hydrogens is 256 g/mol. The number of rotatable bonds is 3. The Morgan fingerprint density at radius 2 is 1.85 bits per heavy atom. The van der Waals surface area contributed by atoms with Crippen LogP contribution in [0.1, 0.15) is 46.0 Å². The van der Waals surface area contributed by atoms with E-state index in [0.29, 0.717) is 18.5 Å². The summed E-state index contributed by atoms with van der Waals surface area (Å²) in [6, 6.07) is 0.107. The van der Waals surface area contributed by atoms with Gasteiger partial charge in [0.25, 0.3) is 0 Å². The Morgan fingerprint density at radius 3 is 2.40 bits per heavy atom. The lowest BCUT2D eigenvalue weighted by molar-refractivity contribution is -0.138. The maximum atomic E-state index is 12.4. The van der Waals surface area contributed by atoms with Crippen LogP contribution in [-0.4, -0.2) is 53.1 Å². The number of nitrogens with zero attached hydrogens (tertiary/aromatic N) is 2. The molecule has 0 bridgehead atoms. The van der Waals surface area contributed by atoms with Gasteiger partial charge in [0, 0.05) is 32.6 Å². The van der Waals surface area contributed by atoms with E-state index in [1.165, 1.54) is 6.42 Å². The Kier molecular flexibility index (Phi) is 4.55. The van der Waals surface area contributed by atoms with Gasteiger partial charge in [-0.3, -0.25) is 4.79 Å². The monoisotopic (exact) mass is 282 g/mol. The number of urea groups is 1. The zero-order valence-electron chi connectivity index (χ0n) is 12.6. The summed E-state index contributed by atoms with van der Waals surface area (Å²) in [5.74, 6) is -0.636. The summed E-state index contributed by atoms with van der Waals surface area (Å²) in [5, 5.41) is 8.82. The predicted octanol–water partition coefficient (Wildman–Crippen LogP) is 2.42. The van der Waals surface area contributed by atoms with Crippen LogP contribution in [0.25, 0.3) is 0 Å². The number of aliphatic carboxylic acids is 1. The topological polar surface area (TPSA) is 60.9 Å². The number of carboxylic acids is 1. The Morgan fingerprint density at radius 1 is 1.20 bits per heavy atom. The van der Waals surface area contributed by atoms with Crippen molar-refractivity contribution in [3.05, 3.63) is 0 Å². The molecule has 2 amide bonds. The Balaban J connectivity index is 1.83. The van der Waals surface area contributed by atoms with Gasteiger partial charge in [-0.1, -0.05) is 20.3 Å². The van der Waals surface area contributed by atoms with Gasteiger partial charge in [-0.25, -0.2) is 4.79 Å². The van der Waals surface area contributed by atoms with Crippen LogP contribution in [0, 0.1) is 11.3 Å². The first-order valence-corrected chi connectivity index (χ1v) is 7.69. The smallest absolute Gasteiger partial charge is 0.320 e. The van der Waals surface area contributed by atoms with Gasteiger partial charge < -0.3 is 14.9 Å². The highest BCUT2D eigenvalue weighted by Gasteiger charge is 2.34. The number of hydrogen-bond donors (Lipinski definition) is 1. The van der Waals surface area contributed by atoms with Crippen LogP contribution < -0.4 is 0 Å². The zero-order valence-corrected chi connectivity index (χ0v) is 12.6. The standard InChI is InChI=1S/C15H26N2O3/c1-3-15(2)5-8-16(9-6-15)14(20)17-7-4-12(11-17)10-13(18)19/h12H,3-11H2,1-2H3,(H,18,19). The van der Waals surface area contributed by atoms with E-state index in [0.717, 1.165) is 32.4 Å². The van der Waals surface area contributed by atoms with Crippen molar-refractivity contribution in [3.8, 4) is 0 Å². The quantitative estimate of drug-likeness (QED) is 0.864. The SMILES string of the molecule is CCC1(C)CCN(C(=O)N2CCC(CC(=O)O)C2)CC1. The van der Waals surface area contributed by atoms with Crippen LogP contribution in [0.5, 0.6) is 0 Å². The van der Waals surface area contributed by atoms with E-state index in [4.69, 9.17) is 5.11 Å². The van der Waals surface area contributed by atoms with Gasteiger partial charge in [-0.15, -0.1) is 0 Å². The summed E-state index contributed by atoms with van der Waals surface area (Å²) in [5.41, 5.74) is 0.383. The van der Waals surface area contributed by atoms with E-state index in [1.807, 2.05) is 9.80 Å². The van der Waals surface area contributed by atoms with E-state index in [2.05, 4.69) is 13.8 Å². The molecule has 2 fully saturated rings. The molecule has 0 aromatic rings. The molecule has 2 saturated heterocycles. The fraction of sp³-hybridized carbons (Fsp3) is 0.867. The van der Waals surface area contributed by atoms with Crippen LogP contribution in [0.3, 0.4) is 0 Å². The number of likely N-dealkylation sites (tertiary alicyclic amines) is 2. The maximum Gasteiger partial charge on any atom is 0.320 e. The van der Waals surface area contributed by atoms with Gasteiger partial charge >= 0.3 is 12.0 Å². The molecule has 0 aromatic carbocycles. The molecule has 114 valence electrons. The van der Waals surface area contributed by atoms with E-state index in [-0.39, 0.29) is 18.4 Å². The second-order valence-electron chi connectivity index (χ2n) is 6.63. The molecule has 1 unspecified atom stereocenters. The number of piperidine rings is 1. The first kappa shape index (κ1) is 15.1. The van der Waals surface area contributed by atoms with Crippen molar-refractivity contribution in [2.75, 3.05) is 26.2 Å². The van der Waals surface area contributed by atoms with E-state index in [1.54, 1.807) is 0 Å². The van der Waals surface area contributed by atoms with E-state index in [9.17, 15) is 9.59 Å². The highest BCUT2D eigenvalue weighted by atomic mass is 16.4. The molecule has 1 atom stereocenters. The van der Waals surface area contributed by atoms with Crippen molar-refractivity contribution in [2.24, 2.45) is 11.3 Å². The van der Waals surface area contributed by atoms with Gasteiger partial charge in [0.15, 0.2) is 0 Å². The largest absolute Gasteiger partial charge is 0.481 e. The molecule has 0 radical (unpaired) electrons. The van der Waals surface area contributed by atoms with Crippen molar-refractivity contribution in [1.82, 2.24) is 9.80 Å². The van der Waals surface area contributed by atoms with Crippen molar-refractivity contribution in [1.29, 1.82) is 0 Å². The third-order valence-corrected chi connectivity index (χ3v) is 5.11. The number of carbonyl (C=O) groups excluding carboxylic acids is 1. The minimum Gasteiger partial charge on any atom is -0.481 e. The second kappa shape index (κ2) is 6.02. The van der Waals surface area contributed by atoms with Gasteiger partial charge in [-0.2, -0.15) is 0 Å². The highest BCUT2D eigenvalue weighted by molar-refractivity contribution is 5.75. The summed E-state index contributed by atoms with van der Waals surface area (Å²) < 4.78 is 0. The van der Waals surface area contributed by atoms with Gasteiger partial charge in [-0.05, 0) is 30.6 Å². The lowest BCUT2D eigenvalue weighted by Gasteiger charge is -2.40. The van der Waals surface area contributed by atoms with Crippen LogP contribution in [-0.2, 0) is 4.79 Å². The molecule has 0 spiro atoms. The Hall–Kier alpha value is -1.26. The Labute approximate surface area is 120 Å². The second-order valence-corrected chi connectivity index (χ2v) is 6.63. The van der Waals surface area contributed by atoms with Crippen molar-refractivity contribution in [2.45, 2.75) is 46.0 Å². The van der Waals surface area contributed by atoms with Crippen LogP contribution in [0.15, 0.2) is 0 Å². The minimum absolute atomic E-state index is 0.107. The zero-order chi connectivity index (χ0) is 14.8. The third kappa shape index (κ3) is 3.44. The van der Waals surface area contributed by atoms with Crippen LogP contribution >= 0.6 is 0 Å². The summed E-state index contributed by atoms with van der Waals surface area (Å²) >= 11 is 0. The normalized spacial score (nSPS) is 25.8. The fourth-order valence-corrected chi connectivity index (χ4v) is 3.21. The number of carbonyl (C=O) groups is 2. The molecule has 1 N–H and O–H groups in total. The molecule has 0 saturated carbocycles. The van der Waals surface area contributed by atoms with Gasteiger partial charge in [0.1, 0.15) is 0 Å². The molecule has 2 rings (SSSR count). The van der Waals surface area contributed by atoms with E-state index < -0.39 is 5.97 Å². The molecule has 0 aromatic heterocycles. The molecule has 20 heavy (non-hydrogen) atoms. The summed E-state index contributed by atoms with van der Waals surface area (Å²) in [6.07, 6.45) is 4.30. The van der Waals surface area contributed by atoms with Gasteiger partial charge in [0.2, 0.25) is 0 Å². The lowest BCUT2D eigenvalue weighted by atomic mass is 9.78. The fourth-order valence-electron chi connectivity index (χ4n) is 3.21. The number of carboxylic acid groups (broad SMARTS) is 1. The van der Waals surface area contributed by atoms with Crippen LogP contribution in [0.2, 0.25) is 0 Å². The van der Waals surface area contributed by atoms with Crippen LogP contribution in [0.4, 0.5) is 4.79 Å². The Bertz CT molecular complexity index is 375. The molecule has 5 nitrogen and oxygen atoms in total. The first-order valence-electron chi connectivity index (χ1n) is 7.69. The minimum atomic E-state index is -0.763. The molecule has 2 heterocycles. The molecule has 0 aliphatic carbocycles. The van der Waals surface area contributed by atoms with Crippen molar-refractivity contribution >= 4 is 12.0 Å². The molecule has 2 aliphatic rings. The molecule has 2 aliphatic heterocycles. The molecular formula is C15H26N2O3. The first-order chi connectivity index (χ1) is 9.43. The van der Waals surface area contributed by atoms with Crippen molar-refractivity contribution in [3.63, 3.8) is 0 Å². The summed E-state index contributed by atoms with van der Waals surface area (Å²) in [4.78, 5) is 26.9. The highest BCUT2D eigenvalue weighted by Crippen LogP contribution is 2.34. The predicted molar refractivity (Wildman–Crippen MR) is 76.5 cm³/mol. The number of amides is 2. The average molecular weight is 282 g/mol. The van der Waals surface area contributed by atoms with E-state index >= 15 is 0 Å².